The lowest BCUT2D eigenvalue weighted by atomic mass is 10.4. The zero-order valence-corrected chi connectivity index (χ0v) is 7.33. The van der Waals surface area contributed by atoms with Gasteiger partial charge in [0.2, 0.25) is 0 Å². The van der Waals surface area contributed by atoms with E-state index in [0.29, 0.717) is 0 Å². The van der Waals surface area contributed by atoms with Gasteiger partial charge in [0.05, 0.1) is 0 Å². The van der Waals surface area contributed by atoms with Crippen molar-refractivity contribution in [1.29, 1.82) is 0 Å². The number of aryl methyl sites for hydroxylation is 1. The molecule has 2 N–H and O–H groups in total. The molecule has 0 spiro atoms. The summed E-state index contributed by atoms with van der Waals surface area (Å²) in [4.78, 5) is 23.3. The molecule has 0 fully saturated rings. The van der Waals surface area contributed by atoms with Gasteiger partial charge in [0.15, 0.2) is 0 Å². The van der Waals surface area contributed by atoms with E-state index in [1.54, 1.807) is 4.98 Å². The van der Waals surface area contributed by atoms with E-state index >= 15 is 0 Å². The fourth-order valence-electron chi connectivity index (χ4n) is 0.715. The van der Waals surface area contributed by atoms with Crippen molar-refractivity contribution in [2.45, 2.75) is 6.92 Å². The first-order valence-electron chi connectivity index (χ1n) is 3.13. The number of H-pyrrole nitrogens is 1. The third-order valence-electron chi connectivity index (χ3n) is 1.34. The van der Waals surface area contributed by atoms with Crippen molar-refractivity contribution in [2.75, 3.05) is 0 Å². The molecular weight excluding hydrogens is 200 g/mol. The summed E-state index contributed by atoms with van der Waals surface area (Å²) in [5, 5.41) is 0. The number of nitrogens with zero attached hydrogens (tertiary/aromatic N) is 1. The average molecular weight is 206 g/mol. The number of aromatic amines is 1. The van der Waals surface area contributed by atoms with Gasteiger partial charge in [-0.15, -0.1) is 0 Å². The summed E-state index contributed by atoms with van der Waals surface area (Å²) in [6.07, 6.45) is 0.747. The Bertz CT molecular complexity index is 537. The zero-order chi connectivity index (χ0) is 10.2. The lowest BCUT2D eigenvalue weighted by Crippen LogP contribution is -2.34. The molecule has 0 radical (unpaired) electrons. The van der Waals surface area contributed by atoms with E-state index in [2.05, 4.69) is 0 Å². The van der Waals surface area contributed by atoms with Crippen LogP contribution in [0.4, 0.5) is 0 Å². The Morgan fingerprint density at radius 1 is 1.46 bits per heavy atom. The first-order valence-corrected chi connectivity index (χ1v) is 4.52. The second-order valence-corrected chi connectivity index (χ2v) is 3.63. The highest BCUT2D eigenvalue weighted by atomic mass is 32.2. The Hall–Kier alpha value is -1.41. The molecule has 0 aliphatic carbocycles. The molecule has 13 heavy (non-hydrogen) atoms. The second-order valence-electron chi connectivity index (χ2n) is 2.35. The fourth-order valence-corrected chi connectivity index (χ4v) is 1.26. The topological polar surface area (TPSA) is 109 Å². The highest BCUT2D eigenvalue weighted by Crippen LogP contribution is 1.87. The van der Waals surface area contributed by atoms with E-state index in [1.807, 2.05) is 0 Å². The molecule has 0 saturated heterocycles. The molecule has 0 aliphatic heterocycles. The number of rotatable bonds is 1. The number of aromatic nitrogens is 2. The molecule has 1 aromatic heterocycles. The van der Waals surface area contributed by atoms with Gasteiger partial charge in [-0.3, -0.25) is 14.3 Å². The Balaban J connectivity index is 3.70. The van der Waals surface area contributed by atoms with Gasteiger partial charge >= 0.3 is 16.0 Å². The fraction of sp³-hybridized carbons (Fsp3) is 0.200. The van der Waals surface area contributed by atoms with Crippen molar-refractivity contribution in [3.63, 3.8) is 0 Å². The minimum Gasteiger partial charge on any atom is -0.273 e. The molecule has 0 bridgehead atoms. The maximum absolute atomic E-state index is 10.8. The average Bonchev–Trinajstić information content (AvgIpc) is 1.94. The monoisotopic (exact) mass is 206 g/mol. The summed E-state index contributed by atoms with van der Waals surface area (Å²) in [5.74, 6) is 0. The third kappa shape index (κ3) is 1.84. The van der Waals surface area contributed by atoms with Crippen molar-refractivity contribution in [3.05, 3.63) is 32.6 Å². The summed E-state index contributed by atoms with van der Waals surface area (Å²) in [6, 6.07) is 0. The standard InChI is InChI=1S/C5H6N2O5S/c1-3-2-7(13(10,11)12)5(9)6-4(3)8/h2H,1H3,(H,6,8,9)(H,10,11,12). The molecule has 0 amide bonds. The molecule has 0 unspecified atom stereocenters. The number of nitrogens with one attached hydrogen (secondary N) is 1. The van der Waals surface area contributed by atoms with Crippen molar-refractivity contribution in [3.8, 4) is 0 Å². The molecule has 0 aliphatic rings. The van der Waals surface area contributed by atoms with Crippen LogP contribution in [-0.4, -0.2) is 21.9 Å². The largest absolute Gasteiger partial charge is 0.367 e. The Labute approximate surface area is 72.5 Å². The zero-order valence-electron chi connectivity index (χ0n) is 6.51. The Kier molecular flexibility index (Phi) is 2.10. The predicted molar refractivity (Wildman–Crippen MR) is 43.0 cm³/mol. The van der Waals surface area contributed by atoms with Crippen LogP contribution >= 0.6 is 0 Å². The van der Waals surface area contributed by atoms with Gasteiger partial charge < -0.3 is 0 Å². The Morgan fingerprint density at radius 2 is 2.00 bits per heavy atom. The first kappa shape index (κ1) is 9.68. The summed E-state index contributed by atoms with van der Waals surface area (Å²) >= 11 is 0. The van der Waals surface area contributed by atoms with Crippen molar-refractivity contribution in [1.82, 2.24) is 8.96 Å². The van der Waals surface area contributed by atoms with Gasteiger partial charge in [-0.1, -0.05) is 0 Å². The summed E-state index contributed by atoms with van der Waals surface area (Å²) in [7, 11) is -4.64. The maximum atomic E-state index is 10.8. The summed E-state index contributed by atoms with van der Waals surface area (Å²) in [5.41, 5.74) is -1.87. The van der Waals surface area contributed by atoms with Gasteiger partial charge in [0, 0.05) is 11.8 Å². The first-order chi connectivity index (χ1) is 5.82. The van der Waals surface area contributed by atoms with E-state index < -0.39 is 21.6 Å². The minimum absolute atomic E-state index is 0.0113. The smallest absolute Gasteiger partial charge is 0.273 e. The quantitative estimate of drug-likeness (QED) is 0.543. The molecule has 0 saturated carbocycles. The minimum atomic E-state index is -4.64. The molecule has 0 aromatic carbocycles. The highest BCUT2D eigenvalue weighted by Gasteiger charge is 2.11. The van der Waals surface area contributed by atoms with E-state index in [0.717, 1.165) is 6.20 Å². The molecule has 1 heterocycles. The van der Waals surface area contributed by atoms with Crippen LogP contribution in [0.3, 0.4) is 0 Å². The van der Waals surface area contributed by atoms with E-state index in [1.165, 1.54) is 6.92 Å². The molecule has 7 nitrogen and oxygen atoms in total. The summed E-state index contributed by atoms with van der Waals surface area (Å²) < 4.78 is 29.6. The van der Waals surface area contributed by atoms with Crippen LogP contribution in [0, 0.1) is 6.92 Å². The molecule has 72 valence electrons. The van der Waals surface area contributed by atoms with Gasteiger partial charge in [0.1, 0.15) is 0 Å². The second kappa shape index (κ2) is 2.82. The van der Waals surface area contributed by atoms with Gasteiger partial charge in [-0.2, -0.15) is 12.4 Å². The molecular formula is C5H6N2O5S. The van der Waals surface area contributed by atoms with Crippen LogP contribution in [0.5, 0.6) is 0 Å². The van der Waals surface area contributed by atoms with Crippen LogP contribution in [0.25, 0.3) is 0 Å². The van der Waals surface area contributed by atoms with Gasteiger partial charge in [-0.05, 0) is 6.92 Å². The van der Waals surface area contributed by atoms with Crippen LogP contribution in [0.15, 0.2) is 15.8 Å². The number of hydrogen-bond donors (Lipinski definition) is 2. The lowest BCUT2D eigenvalue weighted by molar-refractivity contribution is 0.469. The molecule has 0 atom stereocenters. The van der Waals surface area contributed by atoms with Crippen molar-refractivity contribution in [2.24, 2.45) is 0 Å². The maximum Gasteiger partial charge on any atom is 0.367 e. The van der Waals surface area contributed by atoms with Crippen LogP contribution in [0.1, 0.15) is 5.56 Å². The lowest BCUT2D eigenvalue weighted by Gasteiger charge is -1.99. The van der Waals surface area contributed by atoms with Crippen molar-refractivity contribution >= 4 is 10.3 Å². The third-order valence-corrected chi connectivity index (χ3v) is 2.11. The van der Waals surface area contributed by atoms with Gasteiger partial charge in [-0.25, -0.2) is 4.79 Å². The van der Waals surface area contributed by atoms with Crippen LogP contribution in [-0.2, 0) is 10.3 Å². The van der Waals surface area contributed by atoms with Crippen molar-refractivity contribution < 1.29 is 13.0 Å². The van der Waals surface area contributed by atoms with Crippen LogP contribution in [0.2, 0.25) is 0 Å². The highest BCUT2D eigenvalue weighted by molar-refractivity contribution is 7.84. The predicted octanol–water partition coefficient (Wildman–Crippen LogP) is -1.50. The van der Waals surface area contributed by atoms with E-state index in [-0.39, 0.29) is 9.54 Å². The molecule has 1 aromatic rings. The SMILES string of the molecule is Cc1cn(S(=O)(=O)O)c(=O)[nH]c1=O. The Morgan fingerprint density at radius 3 is 2.46 bits per heavy atom. The normalized spacial score (nSPS) is 11.5. The van der Waals surface area contributed by atoms with E-state index in [4.69, 9.17) is 4.55 Å². The van der Waals surface area contributed by atoms with E-state index in [9.17, 15) is 18.0 Å². The summed E-state index contributed by atoms with van der Waals surface area (Å²) in [6.45, 7) is 1.31. The molecule has 8 heteroatoms. The number of hydrogen-bond acceptors (Lipinski definition) is 4. The molecule has 1 rings (SSSR count). The van der Waals surface area contributed by atoms with Crippen LogP contribution < -0.4 is 11.2 Å². The van der Waals surface area contributed by atoms with Gasteiger partial charge in [0.25, 0.3) is 5.56 Å².